The number of aryl methyl sites for hydroxylation is 1. The number of thiazole rings is 1. The number of benzene rings is 2. The molecule has 0 N–H and O–H groups in total. The molecule has 1 fully saturated rings. The molecule has 1 aliphatic heterocycles. The summed E-state index contributed by atoms with van der Waals surface area (Å²) < 4.78 is 0. The fraction of sp³-hybridized carbons (Fsp3) is 0.292. The van der Waals surface area contributed by atoms with Gasteiger partial charge in [0.2, 0.25) is 0 Å². The van der Waals surface area contributed by atoms with Gasteiger partial charge in [-0.05, 0) is 37.6 Å². The summed E-state index contributed by atoms with van der Waals surface area (Å²) in [6, 6.07) is 15.4. The molecule has 160 valence electrons. The average molecular weight is 452 g/mol. The highest BCUT2D eigenvalue weighted by Crippen LogP contribution is 2.27. The lowest BCUT2D eigenvalue weighted by Crippen LogP contribution is -2.37. The lowest BCUT2D eigenvalue weighted by atomic mass is 10.1. The first kappa shape index (κ1) is 21.6. The Morgan fingerprint density at radius 1 is 1.00 bits per heavy atom. The SMILES string of the molecule is Cc1cccc(C(=O)N2CCCN(C(=O)c3ccccc3SCc3cscn3)CC2)c1. The first-order valence-electron chi connectivity index (χ1n) is 10.4. The fourth-order valence-corrected chi connectivity index (χ4v) is 5.30. The summed E-state index contributed by atoms with van der Waals surface area (Å²) in [5.74, 6) is 0.815. The van der Waals surface area contributed by atoms with Crippen molar-refractivity contribution in [2.45, 2.75) is 24.0 Å². The average Bonchev–Trinajstić information content (AvgIpc) is 3.19. The Morgan fingerprint density at radius 3 is 2.52 bits per heavy atom. The second-order valence-corrected chi connectivity index (χ2v) is 9.31. The quantitative estimate of drug-likeness (QED) is 0.526. The van der Waals surface area contributed by atoms with Gasteiger partial charge in [0.15, 0.2) is 0 Å². The van der Waals surface area contributed by atoms with Gasteiger partial charge in [-0.1, -0.05) is 29.8 Å². The number of thioether (sulfide) groups is 1. The third-order valence-electron chi connectivity index (χ3n) is 5.31. The third kappa shape index (κ3) is 5.35. The number of amides is 2. The van der Waals surface area contributed by atoms with E-state index in [4.69, 9.17) is 0 Å². The van der Waals surface area contributed by atoms with E-state index >= 15 is 0 Å². The minimum absolute atomic E-state index is 0.0335. The topological polar surface area (TPSA) is 53.5 Å². The summed E-state index contributed by atoms with van der Waals surface area (Å²) in [6.07, 6.45) is 0.775. The van der Waals surface area contributed by atoms with Crippen LogP contribution in [0.5, 0.6) is 0 Å². The van der Waals surface area contributed by atoms with E-state index in [0.717, 1.165) is 33.9 Å². The molecular formula is C24H25N3O2S2. The van der Waals surface area contributed by atoms with Gasteiger partial charge in [0.25, 0.3) is 11.8 Å². The van der Waals surface area contributed by atoms with Crippen LogP contribution in [0, 0.1) is 6.92 Å². The minimum Gasteiger partial charge on any atom is -0.337 e. The molecule has 0 saturated carbocycles. The van der Waals surface area contributed by atoms with E-state index in [9.17, 15) is 9.59 Å². The van der Waals surface area contributed by atoms with E-state index < -0.39 is 0 Å². The summed E-state index contributed by atoms with van der Waals surface area (Å²) in [4.78, 5) is 35.3. The molecule has 31 heavy (non-hydrogen) atoms. The smallest absolute Gasteiger partial charge is 0.255 e. The van der Waals surface area contributed by atoms with E-state index in [0.29, 0.717) is 31.7 Å². The van der Waals surface area contributed by atoms with Crippen molar-refractivity contribution in [3.05, 3.63) is 81.8 Å². The van der Waals surface area contributed by atoms with Gasteiger partial charge in [-0.25, -0.2) is 4.98 Å². The molecule has 3 aromatic rings. The second-order valence-electron chi connectivity index (χ2n) is 7.57. The first-order chi connectivity index (χ1) is 15.1. The maximum absolute atomic E-state index is 13.3. The van der Waals surface area contributed by atoms with Crippen LogP contribution < -0.4 is 0 Å². The predicted octanol–water partition coefficient (Wildman–Crippen LogP) is 4.73. The Bertz CT molecular complexity index is 1050. The molecule has 2 amide bonds. The van der Waals surface area contributed by atoms with Gasteiger partial charge in [-0.2, -0.15) is 0 Å². The monoisotopic (exact) mass is 451 g/mol. The van der Waals surface area contributed by atoms with E-state index in [1.54, 1.807) is 23.1 Å². The summed E-state index contributed by atoms with van der Waals surface area (Å²) in [5.41, 5.74) is 5.36. The van der Waals surface area contributed by atoms with Crippen molar-refractivity contribution in [2.24, 2.45) is 0 Å². The van der Waals surface area contributed by atoms with Crippen LogP contribution in [0.3, 0.4) is 0 Å². The molecule has 4 rings (SSSR count). The van der Waals surface area contributed by atoms with Gasteiger partial charge in [-0.3, -0.25) is 9.59 Å². The van der Waals surface area contributed by atoms with Crippen LogP contribution >= 0.6 is 23.1 Å². The number of rotatable bonds is 5. The minimum atomic E-state index is 0.0335. The summed E-state index contributed by atoms with van der Waals surface area (Å²) in [5, 5.41) is 2.03. The maximum atomic E-state index is 13.3. The third-order valence-corrected chi connectivity index (χ3v) is 7.05. The number of carbonyl (C=O) groups excluding carboxylic acids is 2. The van der Waals surface area contributed by atoms with Gasteiger partial charge >= 0.3 is 0 Å². The lowest BCUT2D eigenvalue weighted by Gasteiger charge is -2.23. The first-order valence-corrected chi connectivity index (χ1v) is 12.3. The van der Waals surface area contributed by atoms with Crippen molar-refractivity contribution in [1.82, 2.24) is 14.8 Å². The van der Waals surface area contributed by atoms with Gasteiger partial charge < -0.3 is 9.80 Å². The second kappa shape index (κ2) is 10.1. The number of hydrogen-bond acceptors (Lipinski definition) is 5. The van der Waals surface area contributed by atoms with Crippen LogP contribution in [-0.2, 0) is 5.75 Å². The van der Waals surface area contributed by atoms with Crippen molar-refractivity contribution < 1.29 is 9.59 Å². The molecular weight excluding hydrogens is 426 g/mol. The van der Waals surface area contributed by atoms with Crippen molar-refractivity contribution in [1.29, 1.82) is 0 Å². The van der Waals surface area contributed by atoms with E-state index in [1.165, 1.54) is 0 Å². The molecule has 0 radical (unpaired) electrons. The molecule has 1 aromatic heterocycles. The van der Waals surface area contributed by atoms with Crippen LogP contribution in [0.15, 0.2) is 64.3 Å². The zero-order chi connectivity index (χ0) is 21.6. The molecule has 7 heteroatoms. The predicted molar refractivity (Wildman–Crippen MR) is 126 cm³/mol. The van der Waals surface area contributed by atoms with Crippen molar-refractivity contribution in [3.8, 4) is 0 Å². The molecule has 0 unspecified atom stereocenters. The Hall–Kier alpha value is -2.64. The number of nitrogens with zero attached hydrogens (tertiary/aromatic N) is 3. The maximum Gasteiger partial charge on any atom is 0.255 e. The molecule has 0 spiro atoms. The zero-order valence-corrected chi connectivity index (χ0v) is 19.1. The molecule has 0 aliphatic carbocycles. The largest absolute Gasteiger partial charge is 0.337 e. The molecule has 0 bridgehead atoms. The van der Waals surface area contributed by atoms with Crippen LogP contribution in [-0.4, -0.2) is 52.8 Å². The summed E-state index contributed by atoms with van der Waals surface area (Å²) >= 11 is 3.22. The van der Waals surface area contributed by atoms with Crippen molar-refractivity contribution >= 4 is 34.9 Å². The molecule has 1 aliphatic rings. The molecule has 5 nitrogen and oxygen atoms in total. The van der Waals surface area contributed by atoms with E-state index in [1.807, 2.05) is 76.1 Å². The number of carbonyl (C=O) groups is 2. The molecule has 1 saturated heterocycles. The standard InChI is InChI=1S/C24H25N3O2S2/c1-18-6-4-7-19(14-18)23(28)26-10-5-11-27(13-12-26)24(29)21-8-2-3-9-22(21)31-16-20-15-30-17-25-20/h2-4,6-9,14-15,17H,5,10-13,16H2,1H3. The summed E-state index contributed by atoms with van der Waals surface area (Å²) in [6.45, 7) is 4.40. The highest BCUT2D eigenvalue weighted by Gasteiger charge is 2.25. The Balaban J connectivity index is 1.42. The van der Waals surface area contributed by atoms with Gasteiger partial charge in [0.05, 0.1) is 16.8 Å². The Kier molecular flexibility index (Phi) is 7.04. The molecule has 2 aromatic carbocycles. The van der Waals surface area contributed by atoms with Crippen molar-refractivity contribution in [2.75, 3.05) is 26.2 Å². The lowest BCUT2D eigenvalue weighted by molar-refractivity contribution is 0.0717. The van der Waals surface area contributed by atoms with Gasteiger partial charge in [0.1, 0.15) is 0 Å². The van der Waals surface area contributed by atoms with Crippen molar-refractivity contribution in [3.63, 3.8) is 0 Å². The van der Waals surface area contributed by atoms with Gasteiger partial charge in [0, 0.05) is 47.8 Å². The highest BCUT2D eigenvalue weighted by molar-refractivity contribution is 7.98. The number of aromatic nitrogens is 1. The van der Waals surface area contributed by atoms with Crippen LogP contribution in [0.1, 0.15) is 38.4 Å². The number of hydrogen-bond donors (Lipinski definition) is 0. The van der Waals surface area contributed by atoms with Crippen LogP contribution in [0.25, 0.3) is 0 Å². The van der Waals surface area contributed by atoms with Crippen LogP contribution in [0.2, 0.25) is 0 Å². The fourth-order valence-electron chi connectivity index (χ4n) is 3.68. The molecule has 0 atom stereocenters. The normalized spacial score (nSPS) is 14.4. The van der Waals surface area contributed by atoms with E-state index in [2.05, 4.69) is 4.98 Å². The Morgan fingerprint density at radius 2 is 1.77 bits per heavy atom. The Labute approximate surface area is 191 Å². The highest BCUT2D eigenvalue weighted by atomic mass is 32.2. The zero-order valence-electron chi connectivity index (χ0n) is 17.5. The summed E-state index contributed by atoms with van der Waals surface area (Å²) in [7, 11) is 0. The van der Waals surface area contributed by atoms with Gasteiger partial charge in [-0.15, -0.1) is 23.1 Å². The molecule has 2 heterocycles. The van der Waals surface area contributed by atoms with Crippen LogP contribution in [0.4, 0.5) is 0 Å². The van der Waals surface area contributed by atoms with E-state index in [-0.39, 0.29) is 11.8 Å².